The minimum Gasteiger partial charge on any atom is -0.309 e. The van der Waals surface area contributed by atoms with Crippen molar-refractivity contribution in [2.45, 2.75) is 45.2 Å². The summed E-state index contributed by atoms with van der Waals surface area (Å²) in [5.74, 6) is 0.255. The highest BCUT2D eigenvalue weighted by molar-refractivity contribution is 6.07. The van der Waals surface area contributed by atoms with Crippen molar-refractivity contribution in [1.82, 2.24) is 24.5 Å². The Hall–Kier alpha value is -2.67. The number of hydrogen-bond donors (Lipinski definition) is 0. The first-order valence-corrected chi connectivity index (χ1v) is 11.3. The Labute approximate surface area is 184 Å². The quantitative estimate of drug-likeness (QED) is 0.643. The molecule has 2 aliphatic heterocycles. The lowest BCUT2D eigenvalue weighted by Gasteiger charge is -2.42. The SMILES string of the molecule is CC(C)CN1C(=O)N(CCc2ccccc2)C2(CCN(Cc3cnn(C)c3)CC2)C1=O. The minimum absolute atomic E-state index is 0.000268. The Morgan fingerprint density at radius 1 is 1.06 bits per heavy atom. The van der Waals surface area contributed by atoms with E-state index in [2.05, 4.69) is 36.0 Å². The highest BCUT2D eigenvalue weighted by Crippen LogP contribution is 2.38. The van der Waals surface area contributed by atoms with Gasteiger partial charge in [-0.05, 0) is 30.7 Å². The predicted molar refractivity (Wildman–Crippen MR) is 119 cm³/mol. The molecule has 7 nitrogen and oxygen atoms in total. The number of imide groups is 1. The number of urea groups is 1. The first-order chi connectivity index (χ1) is 14.9. The van der Waals surface area contributed by atoms with Crippen molar-refractivity contribution in [2.24, 2.45) is 13.0 Å². The number of amides is 3. The van der Waals surface area contributed by atoms with Gasteiger partial charge in [0.2, 0.25) is 0 Å². The molecule has 2 aliphatic rings. The Kier molecular flexibility index (Phi) is 6.14. The third-order valence-corrected chi connectivity index (χ3v) is 6.48. The van der Waals surface area contributed by atoms with Crippen LogP contribution in [0.2, 0.25) is 0 Å². The van der Waals surface area contributed by atoms with Crippen molar-refractivity contribution in [3.05, 3.63) is 53.9 Å². The Balaban J connectivity index is 1.50. The van der Waals surface area contributed by atoms with E-state index in [1.807, 2.05) is 47.2 Å². The summed E-state index contributed by atoms with van der Waals surface area (Å²) in [4.78, 5) is 32.6. The normalized spacial score (nSPS) is 19.2. The van der Waals surface area contributed by atoms with Crippen LogP contribution in [0.4, 0.5) is 4.79 Å². The molecule has 1 aromatic heterocycles. The van der Waals surface area contributed by atoms with Crippen molar-refractivity contribution in [3.8, 4) is 0 Å². The van der Waals surface area contributed by atoms with Crippen molar-refractivity contribution < 1.29 is 9.59 Å². The summed E-state index contributed by atoms with van der Waals surface area (Å²) in [5, 5.41) is 4.25. The fourth-order valence-corrected chi connectivity index (χ4v) is 4.88. The first kappa shape index (κ1) is 21.6. The van der Waals surface area contributed by atoms with Crippen LogP contribution in [0, 0.1) is 5.92 Å². The fourth-order valence-electron chi connectivity index (χ4n) is 4.88. The molecule has 2 fully saturated rings. The number of carbonyl (C=O) groups excluding carboxylic acids is 2. The topological polar surface area (TPSA) is 61.7 Å². The van der Waals surface area contributed by atoms with Crippen LogP contribution in [0.15, 0.2) is 42.7 Å². The molecule has 2 aromatic rings. The summed E-state index contributed by atoms with van der Waals surface area (Å²) in [6, 6.07) is 10.1. The van der Waals surface area contributed by atoms with Crippen LogP contribution in [-0.2, 0) is 24.8 Å². The standard InChI is InChI=1S/C24H33N5O2/c1-19(2)16-28-22(30)24(29(23(28)31)12-9-20-7-5-4-6-8-20)10-13-27(14-11-24)18-21-15-25-26(3)17-21/h4-8,15,17,19H,9-14,16,18H2,1-3H3. The molecule has 3 heterocycles. The molecule has 4 rings (SSSR count). The number of benzene rings is 1. The smallest absolute Gasteiger partial charge is 0.309 e. The monoisotopic (exact) mass is 423 g/mol. The molecule has 1 aromatic carbocycles. The summed E-state index contributed by atoms with van der Waals surface area (Å²) in [7, 11) is 1.92. The Morgan fingerprint density at radius 2 is 1.77 bits per heavy atom. The molecule has 0 unspecified atom stereocenters. The van der Waals surface area contributed by atoms with Gasteiger partial charge in [-0.3, -0.25) is 19.3 Å². The van der Waals surface area contributed by atoms with E-state index in [1.54, 1.807) is 0 Å². The van der Waals surface area contributed by atoms with E-state index in [0.717, 1.165) is 26.1 Å². The maximum absolute atomic E-state index is 13.5. The Morgan fingerprint density at radius 3 is 2.39 bits per heavy atom. The number of rotatable bonds is 7. The molecule has 3 amide bonds. The first-order valence-electron chi connectivity index (χ1n) is 11.3. The number of nitrogens with zero attached hydrogens (tertiary/aromatic N) is 5. The van der Waals surface area contributed by atoms with Crippen LogP contribution in [0.5, 0.6) is 0 Å². The number of likely N-dealkylation sites (tertiary alicyclic amines) is 1. The van der Waals surface area contributed by atoms with E-state index in [1.165, 1.54) is 16.0 Å². The van der Waals surface area contributed by atoms with Crippen LogP contribution in [0.3, 0.4) is 0 Å². The van der Waals surface area contributed by atoms with Crippen LogP contribution in [0.1, 0.15) is 37.8 Å². The predicted octanol–water partition coefficient (Wildman–Crippen LogP) is 2.92. The maximum atomic E-state index is 13.5. The number of aryl methyl sites for hydroxylation is 1. The highest BCUT2D eigenvalue weighted by atomic mass is 16.2. The van der Waals surface area contributed by atoms with E-state index >= 15 is 0 Å². The van der Waals surface area contributed by atoms with Crippen molar-refractivity contribution >= 4 is 11.9 Å². The Bertz CT molecular complexity index is 915. The second-order valence-electron chi connectivity index (χ2n) is 9.31. The van der Waals surface area contributed by atoms with Crippen LogP contribution >= 0.6 is 0 Å². The second-order valence-corrected chi connectivity index (χ2v) is 9.31. The van der Waals surface area contributed by atoms with Crippen molar-refractivity contribution in [3.63, 3.8) is 0 Å². The maximum Gasteiger partial charge on any atom is 0.327 e. The van der Waals surface area contributed by atoms with E-state index in [9.17, 15) is 9.59 Å². The lowest BCUT2D eigenvalue weighted by Crippen LogP contribution is -2.56. The van der Waals surface area contributed by atoms with E-state index < -0.39 is 5.54 Å². The average Bonchev–Trinajstić information content (AvgIpc) is 3.24. The van der Waals surface area contributed by atoms with E-state index in [4.69, 9.17) is 0 Å². The molecule has 31 heavy (non-hydrogen) atoms. The highest BCUT2D eigenvalue weighted by Gasteiger charge is 2.57. The van der Waals surface area contributed by atoms with Gasteiger partial charge in [0, 0.05) is 51.5 Å². The van der Waals surface area contributed by atoms with Gasteiger partial charge in [-0.15, -0.1) is 0 Å². The second kappa shape index (κ2) is 8.83. The molecule has 0 bridgehead atoms. The fraction of sp³-hybridized carbons (Fsp3) is 0.542. The molecule has 0 atom stereocenters. The van der Waals surface area contributed by atoms with E-state index in [-0.39, 0.29) is 17.9 Å². The average molecular weight is 424 g/mol. The number of hydrogen-bond acceptors (Lipinski definition) is 4. The summed E-state index contributed by atoms with van der Waals surface area (Å²) < 4.78 is 1.81. The lowest BCUT2D eigenvalue weighted by molar-refractivity contribution is -0.136. The van der Waals surface area contributed by atoms with Crippen molar-refractivity contribution in [2.75, 3.05) is 26.2 Å². The third kappa shape index (κ3) is 4.37. The largest absolute Gasteiger partial charge is 0.327 e. The van der Waals surface area contributed by atoms with Crippen LogP contribution in [-0.4, -0.2) is 68.1 Å². The molecule has 0 radical (unpaired) electrons. The van der Waals surface area contributed by atoms with Gasteiger partial charge in [0.05, 0.1) is 6.20 Å². The number of aromatic nitrogens is 2. The zero-order valence-corrected chi connectivity index (χ0v) is 18.8. The molecule has 166 valence electrons. The van der Waals surface area contributed by atoms with Crippen LogP contribution < -0.4 is 0 Å². The van der Waals surface area contributed by atoms with Gasteiger partial charge in [-0.1, -0.05) is 44.2 Å². The summed E-state index contributed by atoms with van der Waals surface area (Å²) in [6.07, 6.45) is 6.05. The summed E-state index contributed by atoms with van der Waals surface area (Å²) >= 11 is 0. The van der Waals surface area contributed by atoms with E-state index in [0.29, 0.717) is 25.9 Å². The summed E-state index contributed by atoms with van der Waals surface area (Å²) in [5.41, 5.74) is 1.66. The molecule has 2 saturated heterocycles. The summed E-state index contributed by atoms with van der Waals surface area (Å²) in [6.45, 7) is 7.58. The van der Waals surface area contributed by atoms with Gasteiger partial charge < -0.3 is 4.90 Å². The van der Waals surface area contributed by atoms with Gasteiger partial charge >= 0.3 is 6.03 Å². The molecular formula is C24H33N5O2. The zero-order chi connectivity index (χ0) is 22.0. The van der Waals surface area contributed by atoms with Crippen LogP contribution in [0.25, 0.3) is 0 Å². The van der Waals surface area contributed by atoms with Gasteiger partial charge in [-0.2, -0.15) is 5.10 Å². The van der Waals surface area contributed by atoms with Gasteiger partial charge in [0.1, 0.15) is 5.54 Å². The molecule has 7 heteroatoms. The van der Waals surface area contributed by atoms with Gasteiger partial charge in [-0.25, -0.2) is 4.79 Å². The van der Waals surface area contributed by atoms with Gasteiger partial charge in [0.15, 0.2) is 0 Å². The minimum atomic E-state index is -0.702. The molecule has 0 aliphatic carbocycles. The van der Waals surface area contributed by atoms with Gasteiger partial charge in [0.25, 0.3) is 5.91 Å². The molecule has 1 spiro atoms. The number of piperidine rings is 1. The molecule has 0 saturated carbocycles. The number of carbonyl (C=O) groups is 2. The zero-order valence-electron chi connectivity index (χ0n) is 18.8. The van der Waals surface area contributed by atoms with Crippen molar-refractivity contribution in [1.29, 1.82) is 0 Å². The molecular weight excluding hydrogens is 390 g/mol. The molecule has 0 N–H and O–H groups in total. The lowest BCUT2D eigenvalue weighted by atomic mass is 9.85. The third-order valence-electron chi connectivity index (χ3n) is 6.48.